The third kappa shape index (κ3) is 4.11. The maximum Gasteiger partial charge on any atom is 0.244 e. The minimum absolute atomic E-state index is 0.0161. The van der Waals surface area contributed by atoms with E-state index < -0.39 is 6.04 Å². The Labute approximate surface area is 137 Å². The van der Waals surface area contributed by atoms with E-state index in [2.05, 4.69) is 27.9 Å². The highest BCUT2D eigenvalue weighted by molar-refractivity contribution is 5.90. The molecule has 23 heavy (non-hydrogen) atoms. The Balaban J connectivity index is 2.02. The molecule has 122 valence electrons. The third-order valence-electron chi connectivity index (χ3n) is 4.23. The monoisotopic (exact) mass is 313 g/mol. The van der Waals surface area contributed by atoms with Gasteiger partial charge in [-0.2, -0.15) is 0 Å². The minimum Gasteiger partial charge on any atom is -0.347 e. The van der Waals surface area contributed by atoms with E-state index in [1.54, 1.807) is 14.0 Å². The van der Waals surface area contributed by atoms with Crippen molar-refractivity contribution in [2.24, 2.45) is 0 Å². The first-order chi connectivity index (χ1) is 11.1. The van der Waals surface area contributed by atoms with Crippen molar-refractivity contribution < 1.29 is 9.59 Å². The SMILES string of the molecule is C#CC[C@H](NC(=O)C(C)NC)C(=O)NC1CCc2ccccc21. The molecule has 0 bridgehead atoms. The number of hydrogen-bond donors (Lipinski definition) is 3. The van der Waals surface area contributed by atoms with Gasteiger partial charge in [0, 0.05) is 6.42 Å². The van der Waals surface area contributed by atoms with E-state index in [9.17, 15) is 9.59 Å². The van der Waals surface area contributed by atoms with Crippen molar-refractivity contribution in [3.63, 3.8) is 0 Å². The lowest BCUT2D eigenvalue weighted by Crippen LogP contribution is -2.51. The molecule has 0 radical (unpaired) electrons. The smallest absolute Gasteiger partial charge is 0.244 e. The number of hydrogen-bond acceptors (Lipinski definition) is 3. The van der Waals surface area contributed by atoms with E-state index in [0.717, 1.165) is 18.4 Å². The molecule has 5 heteroatoms. The summed E-state index contributed by atoms with van der Waals surface area (Å²) in [6.07, 6.45) is 7.33. The van der Waals surface area contributed by atoms with Crippen LogP contribution in [0.3, 0.4) is 0 Å². The van der Waals surface area contributed by atoms with Crippen molar-refractivity contribution in [1.82, 2.24) is 16.0 Å². The van der Waals surface area contributed by atoms with E-state index in [-0.39, 0.29) is 30.3 Å². The summed E-state index contributed by atoms with van der Waals surface area (Å²) in [5.41, 5.74) is 2.41. The van der Waals surface area contributed by atoms with Gasteiger partial charge < -0.3 is 16.0 Å². The largest absolute Gasteiger partial charge is 0.347 e. The van der Waals surface area contributed by atoms with Gasteiger partial charge in [0.25, 0.3) is 0 Å². The molecule has 0 saturated heterocycles. The number of likely N-dealkylation sites (N-methyl/N-ethyl adjacent to an activating group) is 1. The fraction of sp³-hybridized carbons (Fsp3) is 0.444. The van der Waals surface area contributed by atoms with Crippen molar-refractivity contribution >= 4 is 11.8 Å². The van der Waals surface area contributed by atoms with E-state index in [0.29, 0.717) is 0 Å². The maximum atomic E-state index is 12.5. The number of aryl methyl sites for hydroxylation is 1. The van der Waals surface area contributed by atoms with Gasteiger partial charge in [0.2, 0.25) is 11.8 Å². The predicted octanol–water partition coefficient (Wildman–Crippen LogP) is 0.906. The highest BCUT2D eigenvalue weighted by Crippen LogP contribution is 2.30. The van der Waals surface area contributed by atoms with Crippen LogP contribution in [0, 0.1) is 12.3 Å². The van der Waals surface area contributed by atoms with E-state index in [1.165, 1.54) is 5.56 Å². The van der Waals surface area contributed by atoms with E-state index in [1.807, 2.05) is 18.2 Å². The van der Waals surface area contributed by atoms with Crippen LogP contribution in [0.2, 0.25) is 0 Å². The van der Waals surface area contributed by atoms with Gasteiger partial charge in [0.05, 0.1) is 12.1 Å². The number of carbonyl (C=O) groups is 2. The molecule has 1 aromatic rings. The second-order valence-electron chi connectivity index (χ2n) is 5.78. The van der Waals surface area contributed by atoms with Crippen molar-refractivity contribution in [1.29, 1.82) is 0 Å². The van der Waals surface area contributed by atoms with Crippen LogP contribution in [0.25, 0.3) is 0 Å². The second-order valence-corrected chi connectivity index (χ2v) is 5.78. The number of amides is 2. The Morgan fingerprint density at radius 1 is 1.35 bits per heavy atom. The highest BCUT2D eigenvalue weighted by atomic mass is 16.2. The van der Waals surface area contributed by atoms with Crippen molar-refractivity contribution in [2.75, 3.05) is 7.05 Å². The number of fused-ring (bicyclic) bond motifs is 1. The van der Waals surface area contributed by atoms with E-state index >= 15 is 0 Å². The molecule has 0 saturated carbocycles. The fourth-order valence-electron chi connectivity index (χ4n) is 2.73. The summed E-state index contributed by atoms with van der Waals surface area (Å²) in [5.74, 6) is 1.98. The number of terminal acetylenes is 1. The molecule has 1 aromatic carbocycles. The summed E-state index contributed by atoms with van der Waals surface area (Å²) in [4.78, 5) is 24.5. The average Bonchev–Trinajstić information content (AvgIpc) is 2.96. The van der Waals surface area contributed by atoms with Gasteiger partial charge in [0.15, 0.2) is 0 Å². The zero-order valence-electron chi connectivity index (χ0n) is 13.6. The van der Waals surface area contributed by atoms with Gasteiger partial charge >= 0.3 is 0 Å². The number of carbonyl (C=O) groups excluding carboxylic acids is 2. The van der Waals surface area contributed by atoms with Gasteiger partial charge in [0.1, 0.15) is 6.04 Å². The van der Waals surface area contributed by atoms with Crippen LogP contribution in [0.1, 0.15) is 36.9 Å². The van der Waals surface area contributed by atoms with Crippen LogP contribution < -0.4 is 16.0 Å². The zero-order valence-corrected chi connectivity index (χ0v) is 13.6. The van der Waals surface area contributed by atoms with E-state index in [4.69, 9.17) is 6.42 Å². The number of rotatable bonds is 6. The Bertz CT molecular complexity index is 621. The van der Waals surface area contributed by atoms with Gasteiger partial charge in [-0.3, -0.25) is 9.59 Å². The first kappa shape index (κ1) is 17.0. The van der Waals surface area contributed by atoms with Crippen LogP contribution in [-0.4, -0.2) is 30.9 Å². The highest BCUT2D eigenvalue weighted by Gasteiger charge is 2.28. The van der Waals surface area contributed by atoms with Crippen LogP contribution >= 0.6 is 0 Å². The maximum absolute atomic E-state index is 12.5. The molecule has 1 aliphatic rings. The molecular weight excluding hydrogens is 290 g/mol. The summed E-state index contributed by atoms with van der Waals surface area (Å²) >= 11 is 0. The van der Waals surface area contributed by atoms with Gasteiger partial charge in [-0.25, -0.2) is 0 Å². The quantitative estimate of drug-likeness (QED) is 0.684. The van der Waals surface area contributed by atoms with Crippen molar-refractivity contribution in [3.05, 3.63) is 35.4 Å². The number of nitrogens with one attached hydrogen (secondary N) is 3. The Morgan fingerprint density at radius 3 is 2.78 bits per heavy atom. The standard InChI is InChI=1S/C18H23N3O2/c1-4-7-16(21-17(22)12(2)19-3)18(23)20-15-11-10-13-8-5-6-9-14(13)15/h1,5-6,8-9,12,15-16,19H,7,10-11H2,2-3H3,(H,20,23)(H,21,22)/t12?,15?,16-/m0/s1. The van der Waals surface area contributed by atoms with Crippen molar-refractivity contribution in [3.8, 4) is 12.3 Å². The first-order valence-corrected chi connectivity index (χ1v) is 7.86. The molecule has 0 aromatic heterocycles. The predicted molar refractivity (Wildman–Crippen MR) is 89.5 cm³/mol. The lowest BCUT2D eigenvalue weighted by atomic mass is 10.1. The molecule has 2 unspecified atom stereocenters. The Hall–Kier alpha value is -2.32. The Kier molecular flexibility index (Phi) is 5.78. The fourth-order valence-corrected chi connectivity index (χ4v) is 2.73. The van der Waals surface area contributed by atoms with Gasteiger partial charge in [-0.05, 0) is 37.9 Å². The molecule has 0 heterocycles. The molecule has 0 aliphatic heterocycles. The minimum atomic E-state index is -0.712. The topological polar surface area (TPSA) is 70.2 Å². The van der Waals surface area contributed by atoms with Gasteiger partial charge in [-0.1, -0.05) is 24.3 Å². The molecule has 3 atom stereocenters. The summed E-state index contributed by atoms with van der Waals surface area (Å²) < 4.78 is 0. The molecule has 3 N–H and O–H groups in total. The van der Waals surface area contributed by atoms with Crippen molar-refractivity contribution in [2.45, 2.75) is 44.3 Å². The summed E-state index contributed by atoms with van der Waals surface area (Å²) in [5, 5.41) is 8.56. The zero-order chi connectivity index (χ0) is 16.8. The summed E-state index contributed by atoms with van der Waals surface area (Å²) in [6, 6.07) is 6.98. The van der Waals surface area contributed by atoms with Crippen LogP contribution in [0.15, 0.2) is 24.3 Å². The summed E-state index contributed by atoms with van der Waals surface area (Å²) in [7, 11) is 1.69. The molecule has 2 amide bonds. The van der Waals surface area contributed by atoms with Crippen LogP contribution in [0.5, 0.6) is 0 Å². The average molecular weight is 313 g/mol. The first-order valence-electron chi connectivity index (χ1n) is 7.86. The second kappa shape index (κ2) is 7.80. The molecule has 1 aliphatic carbocycles. The normalized spacial score (nSPS) is 18.4. The molecule has 5 nitrogen and oxygen atoms in total. The molecule has 0 fully saturated rings. The Morgan fingerprint density at radius 2 is 2.09 bits per heavy atom. The lowest BCUT2D eigenvalue weighted by Gasteiger charge is -2.21. The molecular formula is C18H23N3O2. The third-order valence-corrected chi connectivity index (χ3v) is 4.23. The molecule has 0 spiro atoms. The number of benzene rings is 1. The van der Waals surface area contributed by atoms with Gasteiger partial charge in [-0.15, -0.1) is 12.3 Å². The van der Waals surface area contributed by atoms with Crippen LogP contribution in [0.4, 0.5) is 0 Å². The lowest BCUT2D eigenvalue weighted by molar-refractivity contribution is -0.130. The van der Waals surface area contributed by atoms with Crippen LogP contribution in [-0.2, 0) is 16.0 Å². The molecule has 2 rings (SSSR count). The summed E-state index contributed by atoms with van der Waals surface area (Å²) in [6.45, 7) is 1.73.